The lowest BCUT2D eigenvalue weighted by atomic mass is 10.2. The van der Waals surface area contributed by atoms with E-state index in [1.165, 1.54) is 10.8 Å². The van der Waals surface area contributed by atoms with E-state index in [2.05, 4.69) is 15.0 Å². The van der Waals surface area contributed by atoms with Gasteiger partial charge in [-0.3, -0.25) is 0 Å². The molecule has 1 aliphatic rings. The number of rotatable bonds is 2. The summed E-state index contributed by atoms with van der Waals surface area (Å²) in [7, 11) is 0. The Kier molecular flexibility index (Phi) is 2.73. The number of aliphatic hydroxyl groups is 2. The number of hydrogen-bond donors (Lipinski definition) is 4. The number of fused-ring (bicyclic) bond motifs is 1. The molecule has 0 unspecified atom stereocenters. The molecule has 1 saturated heterocycles. The highest BCUT2D eigenvalue weighted by Gasteiger charge is 2.36. The quantitative estimate of drug-likeness (QED) is 0.510. The summed E-state index contributed by atoms with van der Waals surface area (Å²) in [5.41, 5.74) is 5.82. The first kappa shape index (κ1) is 12.1. The lowest BCUT2D eigenvalue weighted by Gasteiger charge is -2.12. The van der Waals surface area contributed by atoms with Crippen LogP contribution in [0.25, 0.3) is 11.2 Å². The van der Waals surface area contributed by atoms with Crippen molar-refractivity contribution in [2.45, 2.75) is 24.9 Å². The van der Waals surface area contributed by atoms with Gasteiger partial charge < -0.3 is 25.7 Å². The number of imidazole rings is 1. The molecule has 9 heteroatoms. The molecule has 0 spiro atoms. The van der Waals surface area contributed by atoms with Gasteiger partial charge in [0.15, 0.2) is 5.65 Å². The standard InChI is InChI=1S/C10H13N5O4/c11-9-12-2-4-8(14-9)15(10(18)13-4)7-1-5(17)6(3-16)19-7/h2,5-7,16-17H,1,3H2,(H,13,18)(H2,11,12,14)/t5-,6+,7+/m1/s1. The van der Waals surface area contributed by atoms with Crippen LogP contribution in [0.1, 0.15) is 12.6 Å². The molecule has 102 valence electrons. The van der Waals surface area contributed by atoms with Gasteiger partial charge in [0.05, 0.1) is 18.9 Å². The second-order valence-electron chi connectivity index (χ2n) is 4.38. The normalized spacial score (nSPS) is 27.2. The Labute approximate surface area is 106 Å². The van der Waals surface area contributed by atoms with Gasteiger partial charge in [-0.25, -0.2) is 14.3 Å². The third kappa shape index (κ3) is 1.87. The second-order valence-corrected chi connectivity index (χ2v) is 4.38. The fourth-order valence-electron chi connectivity index (χ4n) is 2.23. The van der Waals surface area contributed by atoms with Crippen LogP contribution >= 0.6 is 0 Å². The van der Waals surface area contributed by atoms with E-state index in [4.69, 9.17) is 15.6 Å². The van der Waals surface area contributed by atoms with Gasteiger partial charge in [-0.05, 0) is 0 Å². The molecular formula is C10H13N5O4. The van der Waals surface area contributed by atoms with Crippen molar-refractivity contribution in [1.29, 1.82) is 0 Å². The third-order valence-electron chi connectivity index (χ3n) is 3.15. The molecular weight excluding hydrogens is 254 g/mol. The van der Waals surface area contributed by atoms with Crippen LogP contribution in [-0.4, -0.2) is 48.5 Å². The Morgan fingerprint density at radius 1 is 1.63 bits per heavy atom. The molecule has 19 heavy (non-hydrogen) atoms. The first-order valence-electron chi connectivity index (χ1n) is 5.77. The maximum atomic E-state index is 11.9. The molecule has 5 N–H and O–H groups in total. The van der Waals surface area contributed by atoms with E-state index < -0.39 is 24.1 Å². The number of aromatic amines is 1. The number of anilines is 1. The Morgan fingerprint density at radius 3 is 3.11 bits per heavy atom. The molecule has 0 bridgehead atoms. The monoisotopic (exact) mass is 267 g/mol. The summed E-state index contributed by atoms with van der Waals surface area (Å²) in [5.74, 6) is 0.0394. The molecule has 0 amide bonds. The molecule has 3 heterocycles. The van der Waals surface area contributed by atoms with Gasteiger partial charge in [0.1, 0.15) is 17.8 Å². The first-order chi connectivity index (χ1) is 9.10. The maximum Gasteiger partial charge on any atom is 0.329 e. The molecule has 2 aromatic heterocycles. The summed E-state index contributed by atoms with van der Waals surface area (Å²) in [6.07, 6.45) is -0.623. The minimum absolute atomic E-state index is 0.0394. The number of nitrogens with one attached hydrogen (secondary N) is 1. The highest BCUT2D eigenvalue weighted by Crippen LogP contribution is 2.29. The number of nitrogens with two attached hydrogens (primary N) is 1. The second kappa shape index (κ2) is 4.30. The van der Waals surface area contributed by atoms with Gasteiger partial charge in [0.25, 0.3) is 0 Å². The van der Waals surface area contributed by atoms with E-state index in [9.17, 15) is 9.90 Å². The van der Waals surface area contributed by atoms with Crippen molar-refractivity contribution in [1.82, 2.24) is 19.5 Å². The van der Waals surface area contributed by atoms with Crippen LogP contribution < -0.4 is 11.4 Å². The molecule has 9 nitrogen and oxygen atoms in total. The number of nitrogen functional groups attached to an aromatic ring is 1. The topological polar surface area (TPSA) is 139 Å². The average molecular weight is 267 g/mol. The number of aliphatic hydroxyl groups excluding tert-OH is 2. The predicted molar refractivity (Wildman–Crippen MR) is 64.2 cm³/mol. The lowest BCUT2D eigenvalue weighted by Crippen LogP contribution is -2.25. The smallest absolute Gasteiger partial charge is 0.329 e. The van der Waals surface area contributed by atoms with Crippen LogP contribution in [0.4, 0.5) is 5.95 Å². The van der Waals surface area contributed by atoms with Gasteiger partial charge in [-0.2, -0.15) is 4.98 Å². The van der Waals surface area contributed by atoms with Gasteiger partial charge >= 0.3 is 5.69 Å². The summed E-state index contributed by atoms with van der Waals surface area (Å²) in [6, 6.07) is 0. The number of hydrogen-bond acceptors (Lipinski definition) is 7. The molecule has 3 rings (SSSR count). The van der Waals surface area contributed by atoms with Crippen molar-refractivity contribution in [3.8, 4) is 0 Å². The zero-order chi connectivity index (χ0) is 13.6. The summed E-state index contributed by atoms with van der Waals surface area (Å²) in [4.78, 5) is 22.3. The van der Waals surface area contributed by atoms with E-state index in [0.717, 1.165) is 0 Å². The first-order valence-corrected chi connectivity index (χ1v) is 5.77. The van der Waals surface area contributed by atoms with Crippen molar-refractivity contribution in [3.63, 3.8) is 0 Å². The van der Waals surface area contributed by atoms with Crippen molar-refractivity contribution in [2.24, 2.45) is 0 Å². The zero-order valence-electron chi connectivity index (χ0n) is 9.85. The van der Waals surface area contributed by atoms with Crippen LogP contribution in [0.2, 0.25) is 0 Å². The third-order valence-corrected chi connectivity index (χ3v) is 3.15. The fourth-order valence-corrected chi connectivity index (χ4v) is 2.23. The Balaban J connectivity index is 2.08. The van der Waals surface area contributed by atoms with Crippen molar-refractivity contribution in [2.75, 3.05) is 12.3 Å². The molecule has 0 radical (unpaired) electrons. The van der Waals surface area contributed by atoms with Gasteiger partial charge in [0, 0.05) is 6.42 Å². The number of nitrogens with zero attached hydrogens (tertiary/aromatic N) is 3. The fraction of sp³-hybridized carbons (Fsp3) is 0.500. The van der Waals surface area contributed by atoms with E-state index in [1.807, 2.05) is 0 Å². The van der Waals surface area contributed by atoms with Gasteiger partial charge in [0.2, 0.25) is 5.95 Å². The summed E-state index contributed by atoms with van der Waals surface area (Å²) in [6.45, 7) is -0.314. The van der Waals surface area contributed by atoms with Crippen LogP contribution in [-0.2, 0) is 4.74 Å². The van der Waals surface area contributed by atoms with Crippen LogP contribution in [0.5, 0.6) is 0 Å². The van der Waals surface area contributed by atoms with Crippen molar-refractivity contribution < 1.29 is 14.9 Å². The molecule has 0 aliphatic carbocycles. The SMILES string of the molecule is Nc1ncc2[nH]c(=O)n([C@@H]3C[C@@H](O)[C@H](CO)O3)c2n1. The molecule has 1 aliphatic heterocycles. The van der Waals surface area contributed by atoms with Crippen LogP contribution in [0, 0.1) is 0 Å². The largest absolute Gasteiger partial charge is 0.394 e. The molecule has 3 atom stereocenters. The maximum absolute atomic E-state index is 11.9. The molecule has 1 fully saturated rings. The zero-order valence-corrected chi connectivity index (χ0v) is 9.85. The van der Waals surface area contributed by atoms with Crippen LogP contribution in [0.3, 0.4) is 0 Å². The van der Waals surface area contributed by atoms with E-state index >= 15 is 0 Å². The lowest BCUT2D eigenvalue weighted by molar-refractivity contribution is -0.0441. The Morgan fingerprint density at radius 2 is 2.42 bits per heavy atom. The Bertz CT molecular complexity index is 665. The van der Waals surface area contributed by atoms with Crippen LogP contribution in [0.15, 0.2) is 11.0 Å². The summed E-state index contributed by atoms with van der Waals surface area (Å²) >= 11 is 0. The van der Waals surface area contributed by atoms with Crippen molar-refractivity contribution >= 4 is 17.1 Å². The van der Waals surface area contributed by atoms with Crippen molar-refractivity contribution in [3.05, 3.63) is 16.7 Å². The van der Waals surface area contributed by atoms with Gasteiger partial charge in [-0.1, -0.05) is 0 Å². The number of ether oxygens (including phenoxy) is 1. The summed E-state index contributed by atoms with van der Waals surface area (Å²) in [5, 5.41) is 18.8. The average Bonchev–Trinajstić information content (AvgIpc) is 2.88. The van der Waals surface area contributed by atoms with E-state index in [-0.39, 0.29) is 19.0 Å². The molecule has 2 aromatic rings. The predicted octanol–water partition coefficient (Wildman–Crippen LogP) is -1.66. The molecule has 0 saturated carbocycles. The van der Waals surface area contributed by atoms with Gasteiger partial charge in [-0.15, -0.1) is 0 Å². The molecule has 0 aromatic carbocycles. The Hall–Kier alpha value is -1.97. The minimum atomic E-state index is -0.828. The number of H-pyrrole nitrogens is 1. The highest BCUT2D eigenvalue weighted by atomic mass is 16.5. The minimum Gasteiger partial charge on any atom is -0.394 e. The highest BCUT2D eigenvalue weighted by molar-refractivity contribution is 5.70. The van der Waals surface area contributed by atoms with E-state index in [0.29, 0.717) is 11.2 Å². The van der Waals surface area contributed by atoms with E-state index in [1.54, 1.807) is 0 Å². The summed E-state index contributed by atoms with van der Waals surface area (Å²) < 4.78 is 6.71. The number of aromatic nitrogens is 4.